The van der Waals surface area contributed by atoms with Crippen LogP contribution in [-0.2, 0) is 9.05 Å². The summed E-state index contributed by atoms with van der Waals surface area (Å²) in [5.74, 6) is -0.230. The van der Waals surface area contributed by atoms with Gasteiger partial charge >= 0.3 is 0 Å². The third kappa shape index (κ3) is 2.55. The summed E-state index contributed by atoms with van der Waals surface area (Å²) >= 11 is 5.54. The molecule has 88 valence electrons. The largest absolute Gasteiger partial charge is 0.495 e. The number of ether oxygens (including phenoxy) is 1. The molecule has 0 atom stereocenters. The Morgan fingerprint density at radius 1 is 1.44 bits per heavy atom. The average molecular weight is 286 g/mol. The molecule has 0 saturated heterocycles. The molecule has 0 aromatic heterocycles. The number of hydrogen-bond donors (Lipinski definition) is 0. The minimum absolute atomic E-state index is 0.230. The predicted molar refractivity (Wildman–Crippen MR) is 57.7 cm³/mol. The molecule has 6 nitrogen and oxygen atoms in total. The molecular weight excluding hydrogens is 281 g/mol. The number of hydrogen-bond acceptors (Lipinski definition) is 5. The van der Waals surface area contributed by atoms with Gasteiger partial charge in [-0.2, -0.15) is 0 Å². The van der Waals surface area contributed by atoms with Crippen molar-refractivity contribution in [1.29, 1.82) is 0 Å². The first-order valence-corrected chi connectivity index (χ1v) is 6.42. The molecule has 9 heteroatoms. The smallest absolute Gasteiger partial charge is 0.291 e. The quantitative estimate of drug-likeness (QED) is 0.483. The molecule has 0 bridgehead atoms. The Morgan fingerprint density at radius 3 is 2.38 bits per heavy atom. The van der Waals surface area contributed by atoms with Crippen LogP contribution in [0.2, 0.25) is 5.02 Å². The zero-order valence-corrected chi connectivity index (χ0v) is 10.1. The van der Waals surface area contributed by atoms with Crippen LogP contribution < -0.4 is 4.74 Å². The number of halogens is 2. The van der Waals surface area contributed by atoms with Gasteiger partial charge in [0.2, 0.25) is 0 Å². The lowest BCUT2D eigenvalue weighted by atomic mass is 10.3. The summed E-state index contributed by atoms with van der Waals surface area (Å²) in [6.45, 7) is 0. The molecule has 1 aromatic carbocycles. The lowest BCUT2D eigenvalue weighted by Crippen LogP contribution is -1.99. The lowest BCUT2D eigenvalue weighted by Gasteiger charge is -2.06. The number of nitro groups is 1. The zero-order chi connectivity index (χ0) is 12.5. The maximum absolute atomic E-state index is 11.1. The summed E-state index contributed by atoms with van der Waals surface area (Å²) in [4.78, 5) is 9.37. The molecule has 0 aliphatic carbocycles. The van der Waals surface area contributed by atoms with Gasteiger partial charge in [-0.25, -0.2) is 8.42 Å². The summed E-state index contributed by atoms with van der Waals surface area (Å²) in [5.41, 5.74) is -0.456. The van der Waals surface area contributed by atoms with E-state index in [0.717, 1.165) is 12.1 Å². The highest BCUT2D eigenvalue weighted by molar-refractivity contribution is 8.13. The van der Waals surface area contributed by atoms with Crippen molar-refractivity contribution in [1.82, 2.24) is 0 Å². The van der Waals surface area contributed by atoms with E-state index in [1.807, 2.05) is 0 Å². The molecule has 0 N–H and O–H groups in total. The van der Waals surface area contributed by atoms with E-state index in [9.17, 15) is 18.5 Å². The molecule has 0 amide bonds. The molecular formula is C7H5Cl2NO5S. The van der Waals surface area contributed by atoms with Gasteiger partial charge in [-0.3, -0.25) is 10.1 Å². The van der Waals surface area contributed by atoms with Crippen LogP contribution in [0.3, 0.4) is 0 Å². The van der Waals surface area contributed by atoms with E-state index in [1.54, 1.807) is 0 Å². The number of methoxy groups -OCH3 is 1. The second kappa shape index (κ2) is 4.44. The molecule has 0 aliphatic rings. The van der Waals surface area contributed by atoms with Crippen molar-refractivity contribution in [2.45, 2.75) is 4.90 Å². The summed E-state index contributed by atoms with van der Waals surface area (Å²) in [7, 11) is 2.20. The standard InChI is InChI=1S/C7H5Cl2NO5S/c1-15-6-3-5(10(11)12)4(8)2-7(6)16(9,13)14/h2-3H,1H3. The van der Waals surface area contributed by atoms with Crippen molar-refractivity contribution >= 4 is 37.0 Å². The Hall–Kier alpha value is -1.05. The van der Waals surface area contributed by atoms with Crippen LogP contribution in [0.15, 0.2) is 17.0 Å². The van der Waals surface area contributed by atoms with Gasteiger partial charge < -0.3 is 4.74 Å². The predicted octanol–water partition coefficient (Wildman–Crippen LogP) is 2.18. The summed E-state index contributed by atoms with van der Waals surface area (Å²) in [5, 5.41) is 10.2. The number of nitrogens with zero attached hydrogens (tertiary/aromatic N) is 1. The Balaban J connectivity index is 3.57. The number of nitro benzene ring substituents is 1. The fraction of sp³-hybridized carbons (Fsp3) is 0.143. The fourth-order valence-corrected chi connectivity index (χ4v) is 2.31. The number of rotatable bonds is 3. The fourth-order valence-electron chi connectivity index (χ4n) is 1.01. The highest BCUT2D eigenvalue weighted by Crippen LogP contribution is 2.36. The third-order valence-electron chi connectivity index (χ3n) is 1.69. The Bertz CT molecular complexity index is 542. The van der Waals surface area contributed by atoms with E-state index in [-0.39, 0.29) is 10.8 Å². The molecule has 0 spiro atoms. The maximum Gasteiger partial charge on any atom is 0.291 e. The molecule has 0 unspecified atom stereocenters. The van der Waals surface area contributed by atoms with Crippen LogP contribution in [0, 0.1) is 10.1 Å². The normalized spacial score (nSPS) is 11.2. The van der Waals surface area contributed by atoms with Gasteiger partial charge in [0.05, 0.1) is 18.1 Å². The van der Waals surface area contributed by atoms with Crippen molar-refractivity contribution in [3.8, 4) is 5.75 Å². The van der Waals surface area contributed by atoms with Gasteiger partial charge in [-0.15, -0.1) is 0 Å². The molecule has 1 rings (SSSR count). The summed E-state index contributed by atoms with van der Waals surface area (Å²) in [6, 6.07) is 1.78. The van der Waals surface area contributed by atoms with Crippen molar-refractivity contribution in [2.75, 3.05) is 7.11 Å². The van der Waals surface area contributed by atoms with E-state index in [2.05, 4.69) is 0 Å². The van der Waals surface area contributed by atoms with Crippen LogP contribution in [0.4, 0.5) is 5.69 Å². The molecule has 0 heterocycles. The highest BCUT2D eigenvalue weighted by atomic mass is 35.7. The van der Waals surface area contributed by atoms with Gasteiger partial charge in [0.15, 0.2) is 0 Å². The average Bonchev–Trinajstić information content (AvgIpc) is 2.15. The first-order valence-electron chi connectivity index (χ1n) is 3.74. The van der Waals surface area contributed by atoms with E-state index in [1.165, 1.54) is 7.11 Å². The van der Waals surface area contributed by atoms with E-state index in [4.69, 9.17) is 27.0 Å². The molecule has 0 radical (unpaired) electrons. The van der Waals surface area contributed by atoms with Gasteiger partial charge in [0.25, 0.3) is 14.7 Å². The zero-order valence-electron chi connectivity index (χ0n) is 7.81. The monoisotopic (exact) mass is 285 g/mol. The molecule has 0 fully saturated rings. The topological polar surface area (TPSA) is 86.5 Å². The third-order valence-corrected chi connectivity index (χ3v) is 3.34. The van der Waals surface area contributed by atoms with E-state index in [0.29, 0.717) is 0 Å². The second-order valence-electron chi connectivity index (χ2n) is 2.65. The Labute approximate surface area is 100 Å². The van der Waals surface area contributed by atoms with Crippen LogP contribution in [0.25, 0.3) is 0 Å². The van der Waals surface area contributed by atoms with Crippen LogP contribution >= 0.6 is 22.3 Å². The second-order valence-corrected chi connectivity index (χ2v) is 5.59. The van der Waals surface area contributed by atoms with Gasteiger partial charge in [-0.05, 0) is 6.07 Å². The first kappa shape index (κ1) is 13.0. The Morgan fingerprint density at radius 2 is 2.00 bits per heavy atom. The summed E-state index contributed by atoms with van der Waals surface area (Å²) < 4.78 is 26.9. The minimum atomic E-state index is -4.07. The van der Waals surface area contributed by atoms with Crippen molar-refractivity contribution in [3.05, 3.63) is 27.3 Å². The van der Waals surface area contributed by atoms with E-state index >= 15 is 0 Å². The maximum atomic E-state index is 11.1. The van der Waals surface area contributed by atoms with Crippen LogP contribution in [0.5, 0.6) is 5.75 Å². The van der Waals surface area contributed by atoms with Crippen LogP contribution in [-0.4, -0.2) is 20.5 Å². The summed E-state index contributed by atoms with van der Waals surface area (Å²) in [6.07, 6.45) is 0. The lowest BCUT2D eigenvalue weighted by molar-refractivity contribution is -0.384. The van der Waals surface area contributed by atoms with Gasteiger partial charge in [-0.1, -0.05) is 11.6 Å². The first-order chi connectivity index (χ1) is 7.27. The van der Waals surface area contributed by atoms with E-state index < -0.39 is 24.6 Å². The molecule has 16 heavy (non-hydrogen) atoms. The van der Waals surface area contributed by atoms with Gasteiger partial charge in [0, 0.05) is 10.7 Å². The number of benzene rings is 1. The molecule has 0 aliphatic heterocycles. The molecule has 1 aromatic rings. The minimum Gasteiger partial charge on any atom is -0.495 e. The SMILES string of the molecule is COc1cc([N+](=O)[O-])c(Cl)cc1S(=O)(=O)Cl. The van der Waals surface area contributed by atoms with Crippen LogP contribution in [0.1, 0.15) is 0 Å². The highest BCUT2D eigenvalue weighted by Gasteiger charge is 2.23. The molecule has 0 saturated carbocycles. The van der Waals surface area contributed by atoms with Gasteiger partial charge in [0.1, 0.15) is 15.7 Å². The van der Waals surface area contributed by atoms with Crippen molar-refractivity contribution in [3.63, 3.8) is 0 Å². The van der Waals surface area contributed by atoms with Crippen molar-refractivity contribution < 1.29 is 18.1 Å². The van der Waals surface area contributed by atoms with Crippen molar-refractivity contribution in [2.24, 2.45) is 0 Å². The Kier molecular flexibility index (Phi) is 3.61.